The lowest BCUT2D eigenvalue weighted by Gasteiger charge is -2.23. The zero-order valence-corrected chi connectivity index (χ0v) is 19.0. The summed E-state index contributed by atoms with van der Waals surface area (Å²) in [6.45, 7) is 0.441. The van der Waals surface area contributed by atoms with Crippen LogP contribution in [0.2, 0.25) is 0 Å². The topological polar surface area (TPSA) is 86.0 Å². The van der Waals surface area contributed by atoms with Crippen molar-refractivity contribution in [3.05, 3.63) is 95.9 Å². The first kappa shape index (κ1) is 22.4. The second-order valence-electron chi connectivity index (χ2n) is 7.54. The van der Waals surface area contributed by atoms with Gasteiger partial charge in [0.25, 0.3) is 5.91 Å². The number of furan rings is 1. The molecule has 0 radical (unpaired) electrons. The van der Waals surface area contributed by atoms with E-state index in [9.17, 15) is 13.2 Å². The number of amides is 1. The van der Waals surface area contributed by atoms with Gasteiger partial charge in [-0.15, -0.1) is 0 Å². The van der Waals surface area contributed by atoms with E-state index in [1.54, 1.807) is 47.6 Å². The third-order valence-electron chi connectivity index (χ3n) is 5.08. The normalized spacial score (nSPS) is 11.3. The number of carbonyl (C=O) groups excluding carboxylic acids is 1. The van der Waals surface area contributed by atoms with Gasteiger partial charge in [-0.2, -0.15) is 8.42 Å². The third-order valence-corrected chi connectivity index (χ3v) is 5.56. The smallest absolute Gasteiger partial charge is 0.306 e. The predicted octanol–water partition coefficient (Wildman–Crippen LogP) is 4.62. The van der Waals surface area contributed by atoms with Crippen LogP contribution < -0.4 is 8.92 Å². The van der Waals surface area contributed by atoms with Gasteiger partial charge in [0.1, 0.15) is 5.76 Å². The number of fused-ring (bicyclic) bond motifs is 1. The van der Waals surface area contributed by atoms with Crippen LogP contribution in [0.25, 0.3) is 10.8 Å². The minimum atomic E-state index is -3.76. The molecular weight excluding hydrogens is 442 g/mol. The fraction of sp³-hybridized carbons (Fsp3) is 0.160. The molecule has 0 unspecified atom stereocenters. The van der Waals surface area contributed by atoms with Gasteiger partial charge in [-0.1, -0.05) is 42.5 Å². The summed E-state index contributed by atoms with van der Waals surface area (Å²) in [4.78, 5) is 15.3. The zero-order valence-electron chi connectivity index (χ0n) is 18.2. The van der Waals surface area contributed by atoms with Crippen LogP contribution in [0.5, 0.6) is 11.5 Å². The Hall–Kier alpha value is -3.78. The summed E-state index contributed by atoms with van der Waals surface area (Å²) in [5.41, 5.74) is 1.25. The van der Waals surface area contributed by atoms with E-state index in [0.29, 0.717) is 16.9 Å². The van der Waals surface area contributed by atoms with Crippen LogP contribution in [0.4, 0.5) is 0 Å². The summed E-state index contributed by atoms with van der Waals surface area (Å²) in [5.74, 6) is 0.796. The summed E-state index contributed by atoms with van der Waals surface area (Å²) >= 11 is 0. The number of hydrogen-bond donors (Lipinski definition) is 0. The zero-order chi connectivity index (χ0) is 23.4. The van der Waals surface area contributed by atoms with Crippen LogP contribution >= 0.6 is 0 Å². The minimum absolute atomic E-state index is 0.0630. The van der Waals surface area contributed by atoms with Crippen molar-refractivity contribution in [1.82, 2.24) is 4.90 Å². The van der Waals surface area contributed by atoms with Gasteiger partial charge in [0.2, 0.25) is 0 Å². The molecular formula is C25H23NO6S. The number of methoxy groups -OCH3 is 1. The number of rotatable bonds is 8. The molecule has 1 heterocycles. The van der Waals surface area contributed by atoms with E-state index in [2.05, 4.69) is 0 Å². The van der Waals surface area contributed by atoms with Gasteiger partial charge in [0.05, 0.1) is 26.2 Å². The minimum Gasteiger partial charge on any atom is -0.493 e. The standard InChI is InChI=1S/C25H23NO6S/c1-30-23-13-12-18(15-24(23)32-33(2,28)29)16-26(17-20-9-6-14-31-20)25(27)22-11-5-8-19-7-3-4-10-21(19)22/h3-15H,16-17H2,1-2H3. The molecule has 1 amide bonds. The molecule has 33 heavy (non-hydrogen) atoms. The van der Waals surface area contributed by atoms with Crippen LogP contribution in [0.3, 0.4) is 0 Å². The first-order valence-corrected chi connectivity index (χ1v) is 12.0. The average Bonchev–Trinajstić information content (AvgIpc) is 3.30. The van der Waals surface area contributed by atoms with E-state index in [1.807, 2.05) is 36.4 Å². The van der Waals surface area contributed by atoms with E-state index in [0.717, 1.165) is 17.0 Å². The molecule has 0 fully saturated rings. The summed E-state index contributed by atoms with van der Waals surface area (Å²) in [7, 11) is -2.33. The molecule has 1 aromatic heterocycles. The number of benzene rings is 3. The number of ether oxygens (including phenoxy) is 1. The van der Waals surface area contributed by atoms with Crippen molar-refractivity contribution in [1.29, 1.82) is 0 Å². The Morgan fingerprint density at radius 2 is 1.73 bits per heavy atom. The van der Waals surface area contributed by atoms with Gasteiger partial charge >= 0.3 is 10.1 Å². The number of carbonyl (C=O) groups is 1. The highest BCUT2D eigenvalue weighted by Crippen LogP contribution is 2.30. The van der Waals surface area contributed by atoms with Gasteiger partial charge < -0.3 is 18.2 Å². The highest BCUT2D eigenvalue weighted by molar-refractivity contribution is 7.86. The van der Waals surface area contributed by atoms with Crippen molar-refractivity contribution in [2.75, 3.05) is 13.4 Å². The fourth-order valence-electron chi connectivity index (χ4n) is 3.64. The Morgan fingerprint density at radius 3 is 2.45 bits per heavy atom. The van der Waals surface area contributed by atoms with Gasteiger partial charge in [0, 0.05) is 12.1 Å². The van der Waals surface area contributed by atoms with Crippen molar-refractivity contribution in [2.45, 2.75) is 13.1 Å². The molecule has 0 saturated heterocycles. The summed E-state index contributed by atoms with van der Waals surface area (Å²) in [6.07, 6.45) is 2.52. The fourth-order valence-corrected chi connectivity index (χ4v) is 4.10. The van der Waals surface area contributed by atoms with Crippen molar-refractivity contribution >= 4 is 26.8 Å². The second-order valence-corrected chi connectivity index (χ2v) is 9.11. The maximum absolute atomic E-state index is 13.7. The third kappa shape index (κ3) is 5.35. The molecule has 0 atom stereocenters. The highest BCUT2D eigenvalue weighted by atomic mass is 32.2. The van der Waals surface area contributed by atoms with E-state index < -0.39 is 10.1 Å². The summed E-state index contributed by atoms with van der Waals surface area (Å²) in [5, 5.41) is 1.82. The molecule has 0 aliphatic heterocycles. The molecule has 4 aromatic rings. The second kappa shape index (κ2) is 9.38. The van der Waals surface area contributed by atoms with Gasteiger partial charge in [-0.25, -0.2) is 0 Å². The van der Waals surface area contributed by atoms with Gasteiger partial charge in [-0.05, 0) is 46.7 Å². The van der Waals surface area contributed by atoms with Crippen LogP contribution in [0.15, 0.2) is 83.5 Å². The molecule has 0 spiro atoms. The Labute approximate surface area is 192 Å². The van der Waals surface area contributed by atoms with E-state index in [-0.39, 0.29) is 30.5 Å². The molecule has 0 bridgehead atoms. The predicted molar refractivity (Wildman–Crippen MR) is 125 cm³/mol. The Morgan fingerprint density at radius 1 is 0.939 bits per heavy atom. The Bertz CT molecular complexity index is 1370. The lowest BCUT2D eigenvalue weighted by atomic mass is 10.0. The molecule has 170 valence electrons. The molecule has 8 heteroatoms. The molecule has 0 N–H and O–H groups in total. The Balaban J connectivity index is 1.71. The largest absolute Gasteiger partial charge is 0.493 e. The van der Waals surface area contributed by atoms with Crippen LogP contribution in [-0.4, -0.2) is 32.6 Å². The molecule has 7 nitrogen and oxygen atoms in total. The number of hydrogen-bond acceptors (Lipinski definition) is 6. The van der Waals surface area contributed by atoms with E-state index in [1.165, 1.54) is 7.11 Å². The lowest BCUT2D eigenvalue weighted by molar-refractivity contribution is 0.0719. The van der Waals surface area contributed by atoms with Crippen LogP contribution in [-0.2, 0) is 23.2 Å². The maximum atomic E-state index is 13.7. The maximum Gasteiger partial charge on any atom is 0.306 e. The SMILES string of the molecule is COc1ccc(CN(Cc2ccco2)C(=O)c2cccc3ccccc23)cc1OS(C)(=O)=O. The summed E-state index contributed by atoms with van der Waals surface area (Å²) in [6, 6.07) is 21.8. The first-order valence-electron chi connectivity index (χ1n) is 10.2. The molecule has 0 aliphatic rings. The van der Waals surface area contributed by atoms with Gasteiger partial charge in [-0.3, -0.25) is 4.79 Å². The lowest BCUT2D eigenvalue weighted by Crippen LogP contribution is -2.30. The average molecular weight is 466 g/mol. The van der Waals surface area contributed by atoms with Crippen LogP contribution in [0, 0.1) is 0 Å². The van der Waals surface area contributed by atoms with Crippen LogP contribution in [0.1, 0.15) is 21.7 Å². The van der Waals surface area contributed by atoms with E-state index in [4.69, 9.17) is 13.3 Å². The molecule has 0 aliphatic carbocycles. The highest BCUT2D eigenvalue weighted by Gasteiger charge is 2.21. The van der Waals surface area contributed by atoms with Crippen molar-refractivity contribution in [2.24, 2.45) is 0 Å². The summed E-state index contributed by atoms with van der Waals surface area (Å²) < 4.78 is 39.1. The quantitative estimate of drug-likeness (QED) is 0.353. The molecule has 0 saturated carbocycles. The monoisotopic (exact) mass is 465 g/mol. The van der Waals surface area contributed by atoms with Gasteiger partial charge in [0.15, 0.2) is 11.5 Å². The van der Waals surface area contributed by atoms with E-state index >= 15 is 0 Å². The van der Waals surface area contributed by atoms with Crippen molar-refractivity contribution in [3.8, 4) is 11.5 Å². The van der Waals surface area contributed by atoms with Crippen molar-refractivity contribution < 1.29 is 26.5 Å². The molecule has 3 aromatic carbocycles. The van der Waals surface area contributed by atoms with Crippen molar-refractivity contribution in [3.63, 3.8) is 0 Å². The molecule has 4 rings (SSSR count). The number of nitrogens with zero attached hydrogens (tertiary/aromatic N) is 1. The Kier molecular flexibility index (Phi) is 6.37. The first-order chi connectivity index (χ1) is 15.8.